The first-order chi connectivity index (χ1) is 10.2. The summed E-state index contributed by atoms with van der Waals surface area (Å²) in [5, 5.41) is 3.65. The molecule has 1 heteroatoms. The molecule has 0 aromatic heterocycles. The Labute approximate surface area is 132 Å². The van der Waals surface area contributed by atoms with Gasteiger partial charge in [0.2, 0.25) is 0 Å². The van der Waals surface area contributed by atoms with Gasteiger partial charge in [0.15, 0.2) is 0 Å². The fourth-order valence-electron chi connectivity index (χ4n) is 2.88. The number of benzene rings is 1. The van der Waals surface area contributed by atoms with Crippen LogP contribution in [0.2, 0.25) is 0 Å². The van der Waals surface area contributed by atoms with Crippen molar-refractivity contribution in [2.75, 3.05) is 6.54 Å². The van der Waals surface area contributed by atoms with Crippen LogP contribution in [-0.4, -0.2) is 6.54 Å². The molecular weight excluding hydrogens is 254 g/mol. The summed E-state index contributed by atoms with van der Waals surface area (Å²) in [5.74, 6) is 0.672. The first-order valence-corrected chi connectivity index (χ1v) is 9.06. The molecule has 0 bridgehead atoms. The van der Waals surface area contributed by atoms with E-state index >= 15 is 0 Å². The van der Waals surface area contributed by atoms with Gasteiger partial charge in [-0.25, -0.2) is 0 Å². The summed E-state index contributed by atoms with van der Waals surface area (Å²) < 4.78 is 0. The SMILES string of the molecule is CCCCCCCC(NCC)c1ccc(C(C)CC)cc1. The van der Waals surface area contributed by atoms with Crippen molar-refractivity contribution < 1.29 is 0 Å². The normalized spacial score (nSPS) is 14.1. The number of hydrogen-bond donors (Lipinski definition) is 1. The summed E-state index contributed by atoms with van der Waals surface area (Å²) in [6.45, 7) is 10.1. The zero-order valence-electron chi connectivity index (χ0n) is 14.6. The van der Waals surface area contributed by atoms with Gasteiger partial charge in [0.1, 0.15) is 0 Å². The van der Waals surface area contributed by atoms with Crippen molar-refractivity contribution in [3.05, 3.63) is 35.4 Å². The van der Waals surface area contributed by atoms with Gasteiger partial charge in [0, 0.05) is 6.04 Å². The van der Waals surface area contributed by atoms with Gasteiger partial charge in [-0.2, -0.15) is 0 Å². The first-order valence-electron chi connectivity index (χ1n) is 9.06. The van der Waals surface area contributed by atoms with Crippen molar-refractivity contribution in [3.8, 4) is 0 Å². The lowest BCUT2D eigenvalue weighted by Crippen LogP contribution is -2.20. The highest BCUT2D eigenvalue weighted by Crippen LogP contribution is 2.24. The molecule has 2 atom stereocenters. The maximum Gasteiger partial charge on any atom is 0.0320 e. The van der Waals surface area contributed by atoms with Crippen LogP contribution >= 0.6 is 0 Å². The molecule has 1 nitrogen and oxygen atoms in total. The van der Waals surface area contributed by atoms with E-state index in [1.165, 1.54) is 56.1 Å². The number of rotatable bonds is 11. The van der Waals surface area contributed by atoms with Crippen molar-refractivity contribution in [2.24, 2.45) is 0 Å². The molecule has 1 rings (SSSR count). The van der Waals surface area contributed by atoms with Gasteiger partial charge in [-0.15, -0.1) is 0 Å². The summed E-state index contributed by atoms with van der Waals surface area (Å²) in [5.41, 5.74) is 2.93. The van der Waals surface area contributed by atoms with E-state index in [9.17, 15) is 0 Å². The third-order valence-electron chi connectivity index (χ3n) is 4.57. The number of nitrogens with one attached hydrogen (secondary N) is 1. The third-order valence-corrected chi connectivity index (χ3v) is 4.57. The van der Waals surface area contributed by atoms with Crippen LogP contribution in [0.3, 0.4) is 0 Å². The van der Waals surface area contributed by atoms with Crippen molar-refractivity contribution in [3.63, 3.8) is 0 Å². The van der Waals surface area contributed by atoms with Crippen LogP contribution in [0, 0.1) is 0 Å². The lowest BCUT2D eigenvalue weighted by Gasteiger charge is -2.19. The summed E-state index contributed by atoms with van der Waals surface area (Å²) in [7, 11) is 0. The maximum atomic E-state index is 3.65. The van der Waals surface area contributed by atoms with Gasteiger partial charge in [-0.3, -0.25) is 0 Å². The third kappa shape index (κ3) is 6.65. The van der Waals surface area contributed by atoms with E-state index in [4.69, 9.17) is 0 Å². The molecule has 2 unspecified atom stereocenters. The average Bonchev–Trinajstić information content (AvgIpc) is 2.53. The Kier molecular flexibility index (Phi) is 9.41. The van der Waals surface area contributed by atoms with Gasteiger partial charge in [0.05, 0.1) is 0 Å². The van der Waals surface area contributed by atoms with Crippen LogP contribution in [0.1, 0.15) is 95.7 Å². The minimum Gasteiger partial charge on any atom is -0.310 e. The Balaban J connectivity index is 2.54. The highest BCUT2D eigenvalue weighted by molar-refractivity contribution is 5.27. The minimum atomic E-state index is 0.530. The zero-order chi connectivity index (χ0) is 15.5. The largest absolute Gasteiger partial charge is 0.310 e. The molecule has 0 spiro atoms. The Hall–Kier alpha value is -0.820. The molecule has 0 saturated carbocycles. The van der Waals surface area contributed by atoms with E-state index in [0.717, 1.165) is 6.54 Å². The molecule has 0 aliphatic carbocycles. The van der Waals surface area contributed by atoms with E-state index in [-0.39, 0.29) is 0 Å². The van der Waals surface area contributed by atoms with Crippen LogP contribution < -0.4 is 5.32 Å². The van der Waals surface area contributed by atoms with E-state index in [0.29, 0.717) is 12.0 Å². The van der Waals surface area contributed by atoms with Crippen molar-refractivity contribution in [1.82, 2.24) is 5.32 Å². The second-order valence-electron chi connectivity index (χ2n) is 6.29. The average molecular weight is 290 g/mol. The molecule has 0 aliphatic heterocycles. The van der Waals surface area contributed by atoms with Crippen LogP contribution in [0.25, 0.3) is 0 Å². The van der Waals surface area contributed by atoms with Crippen molar-refractivity contribution in [2.45, 2.75) is 84.6 Å². The molecule has 0 fully saturated rings. The molecule has 21 heavy (non-hydrogen) atoms. The smallest absolute Gasteiger partial charge is 0.0320 e. The summed E-state index contributed by atoms with van der Waals surface area (Å²) in [4.78, 5) is 0. The molecular formula is C20H35N. The van der Waals surface area contributed by atoms with E-state index in [1.807, 2.05) is 0 Å². The van der Waals surface area contributed by atoms with Gasteiger partial charge >= 0.3 is 0 Å². The van der Waals surface area contributed by atoms with Gasteiger partial charge < -0.3 is 5.32 Å². The predicted molar refractivity (Wildman–Crippen MR) is 94.9 cm³/mol. The second kappa shape index (κ2) is 10.8. The predicted octanol–water partition coefficient (Wildman–Crippen LogP) is 6.21. The molecule has 0 aliphatic rings. The highest BCUT2D eigenvalue weighted by atomic mass is 14.9. The lowest BCUT2D eigenvalue weighted by atomic mass is 9.94. The number of unbranched alkanes of at least 4 members (excludes halogenated alkanes) is 4. The van der Waals surface area contributed by atoms with Crippen LogP contribution in [0.15, 0.2) is 24.3 Å². The molecule has 1 N–H and O–H groups in total. The monoisotopic (exact) mass is 289 g/mol. The summed E-state index contributed by atoms with van der Waals surface area (Å²) in [6.07, 6.45) is 9.30. The van der Waals surface area contributed by atoms with E-state index in [2.05, 4.69) is 57.3 Å². The van der Waals surface area contributed by atoms with Crippen molar-refractivity contribution in [1.29, 1.82) is 0 Å². The quantitative estimate of drug-likeness (QED) is 0.477. The molecule has 120 valence electrons. The molecule has 1 aromatic rings. The maximum absolute atomic E-state index is 3.65. The van der Waals surface area contributed by atoms with Crippen LogP contribution in [-0.2, 0) is 0 Å². The Morgan fingerprint density at radius 2 is 1.48 bits per heavy atom. The van der Waals surface area contributed by atoms with Gasteiger partial charge in [-0.05, 0) is 36.4 Å². The molecule has 0 radical (unpaired) electrons. The molecule has 1 aromatic carbocycles. The molecule has 0 heterocycles. The number of hydrogen-bond acceptors (Lipinski definition) is 1. The Morgan fingerprint density at radius 3 is 2.05 bits per heavy atom. The van der Waals surface area contributed by atoms with Crippen LogP contribution in [0.5, 0.6) is 0 Å². The zero-order valence-corrected chi connectivity index (χ0v) is 14.6. The molecule has 0 amide bonds. The van der Waals surface area contributed by atoms with Crippen LogP contribution in [0.4, 0.5) is 0 Å². The van der Waals surface area contributed by atoms with E-state index in [1.54, 1.807) is 0 Å². The second-order valence-corrected chi connectivity index (χ2v) is 6.29. The minimum absolute atomic E-state index is 0.530. The first kappa shape index (κ1) is 18.2. The fourth-order valence-corrected chi connectivity index (χ4v) is 2.88. The standard InChI is InChI=1S/C20H35N/c1-5-8-9-10-11-12-20(21-7-3)19-15-13-18(14-16-19)17(4)6-2/h13-17,20-21H,5-12H2,1-4H3. The Morgan fingerprint density at radius 1 is 0.857 bits per heavy atom. The Bertz CT molecular complexity index is 355. The molecule has 0 saturated heterocycles. The van der Waals surface area contributed by atoms with Gasteiger partial charge in [-0.1, -0.05) is 84.1 Å². The van der Waals surface area contributed by atoms with Gasteiger partial charge in [0.25, 0.3) is 0 Å². The summed E-state index contributed by atoms with van der Waals surface area (Å²) >= 11 is 0. The lowest BCUT2D eigenvalue weighted by molar-refractivity contribution is 0.478. The summed E-state index contributed by atoms with van der Waals surface area (Å²) in [6, 6.07) is 9.85. The van der Waals surface area contributed by atoms with E-state index < -0.39 is 0 Å². The highest BCUT2D eigenvalue weighted by Gasteiger charge is 2.10. The topological polar surface area (TPSA) is 12.0 Å². The van der Waals surface area contributed by atoms with Crippen molar-refractivity contribution >= 4 is 0 Å². The fraction of sp³-hybridized carbons (Fsp3) is 0.700.